The van der Waals surface area contributed by atoms with Gasteiger partial charge >= 0.3 is 6.18 Å². The van der Waals surface area contributed by atoms with Crippen molar-refractivity contribution in [3.05, 3.63) is 41.0 Å². The summed E-state index contributed by atoms with van der Waals surface area (Å²) in [6.07, 6.45) is -3.39. The van der Waals surface area contributed by atoms with Crippen LogP contribution in [0.5, 0.6) is 17.4 Å². The molecule has 0 spiro atoms. The van der Waals surface area contributed by atoms with Crippen LogP contribution in [0.3, 0.4) is 0 Å². The Kier molecular flexibility index (Phi) is 10.3. The lowest BCUT2D eigenvalue weighted by molar-refractivity contribution is -0.137. The molecule has 3 N–H and O–H groups in total. The molecule has 0 amide bonds. The number of methoxy groups -OCH3 is 2. The number of nitrogens with zero attached hydrogens (tertiary/aromatic N) is 2. The van der Waals surface area contributed by atoms with Crippen LogP contribution in [0.15, 0.2) is 35.5 Å². The molecule has 0 aliphatic heterocycles. The zero-order chi connectivity index (χ0) is 21.4. The summed E-state index contributed by atoms with van der Waals surface area (Å²) < 4.78 is 53.4. The third-order valence-electron chi connectivity index (χ3n) is 3.61. The van der Waals surface area contributed by atoms with E-state index >= 15 is 0 Å². The molecule has 1 aromatic heterocycles. The van der Waals surface area contributed by atoms with E-state index in [4.69, 9.17) is 31.5 Å². The Bertz CT molecular complexity index is 869. The number of aromatic nitrogens is 1. The number of hydrogen-bond acceptors (Lipinski definition) is 5. The smallest absolute Gasteiger partial charge is 0.417 e. The number of benzene rings is 1. The van der Waals surface area contributed by atoms with E-state index in [0.29, 0.717) is 36.3 Å². The van der Waals surface area contributed by atoms with Gasteiger partial charge in [-0.1, -0.05) is 11.6 Å². The first-order chi connectivity index (χ1) is 13.7. The summed E-state index contributed by atoms with van der Waals surface area (Å²) in [6.45, 7) is 0.482. The topological polar surface area (TPSA) is 91.0 Å². The van der Waals surface area contributed by atoms with Crippen molar-refractivity contribution in [1.29, 1.82) is 0 Å². The van der Waals surface area contributed by atoms with Crippen molar-refractivity contribution < 1.29 is 27.4 Å². The van der Waals surface area contributed by atoms with E-state index in [1.807, 2.05) is 0 Å². The molecule has 0 fully saturated rings. The molecule has 1 aromatic carbocycles. The van der Waals surface area contributed by atoms with Crippen molar-refractivity contribution in [2.24, 2.45) is 10.7 Å². The Morgan fingerprint density at radius 1 is 1.20 bits per heavy atom. The maximum atomic E-state index is 12.6. The Morgan fingerprint density at radius 2 is 1.90 bits per heavy atom. The second-order valence-corrected chi connectivity index (χ2v) is 6.08. The number of hydrogen-bond donors (Lipinski definition) is 2. The molecule has 0 bridgehead atoms. The molecule has 0 aliphatic carbocycles. The van der Waals surface area contributed by atoms with E-state index in [2.05, 4.69) is 15.3 Å². The highest BCUT2D eigenvalue weighted by molar-refractivity contribution is 14.0. The summed E-state index contributed by atoms with van der Waals surface area (Å²) >= 11 is 5.77. The van der Waals surface area contributed by atoms with Gasteiger partial charge in [0.25, 0.3) is 0 Å². The van der Waals surface area contributed by atoms with Gasteiger partial charge < -0.3 is 25.3 Å². The monoisotopic (exact) mass is 560 g/mol. The Balaban J connectivity index is 0.00000450. The van der Waals surface area contributed by atoms with Gasteiger partial charge in [-0.2, -0.15) is 13.2 Å². The summed E-state index contributed by atoms with van der Waals surface area (Å²) in [4.78, 5) is 7.74. The molecular formula is C18H21ClF3IN4O3. The van der Waals surface area contributed by atoms with Crippen LogP contribution < -0.4 is 25.3 Å². The minimum atomic E-state index is -4.51. The Labute approximate surface area is 193 Å². The maximum Gasteiger partial charge on any atom is 0.417 e. The summed E-state index contributed by atoms with van der Waals surface area (Å²) in [7, 11) is 3.06. The normalized spacial score (nSPS) is 11.5. The molecule has 2 rings (SSSR count). The molecule has 12 heteroatoms. The minimum absolute atomic E-state index is 0. The van der Waals surface area contributed by atoms with Gasteiger partial charge in [0.2, 0.25) is 5.88 Å². The maximum absolute atomic E-state index is 12.6. The van der Waals surface area contributed by atoms with Gasteiger partial charge in [0.15, 0.2) is 17.5 Å². The highest BCUT2D eigenvalue weighted by Crippen LogP contribution is 2.33. The van der Waals surface area contributed by atoms with Crippen molar-refractivity contribution >= 4 is 47.2 Å². The molecule has 2 aromatic rings. The molecule has 0 radical (unpaired) electrons. The SMILES string of the molecule is COc1ccc(NC(N)=NCCCOc2ncc(C(F)(F)F)cc2Cl)cc1OC.I. The molecule has 0 aliphatic rings. The van der Waals surface area contributed by atoms with Gasteiger partial charge in [-0.3, -0.25) is 4.99 Å². The number of nitrogens with one attached hydrogen (secondary N) is 1. The number of guanidine groups is 1. The zero-order valence-electron chi connectivity index (χ0n) is 16.1. The second kappa shape index (κ2) is 11.9. The van der Waals surface area contributed by atoms with Crippen LogP contribution in [0.1, 0.15) is 12.0 Å². The van der Waals surface area contributed by atoms with E-state index < -0.39 is 11.7 Å². The fraction of sp³-hybridized carbons (Fsp3) is 0.333. The molecular weight excluding hydrogens is 540 g/mol. The van der Waals surface area contributed by atoms with Crippen LogP contribution in [0.25, 0.3) is 0 Å². The number of aliphatic imine (C=N–C) groups is 1. The van der Waals surface area contributed by atoms with Crippen LogP contribution in [0.4, 0.5) is 18.9 Å². The van der Waals surface area contributed by atoms with Gasteiger partial charge in [0, 0.05) is 30.9 Å². The first-order valence-corrected chi connectivity index (χ1v) is 8.77. The average molecular weight is 561 g/mol. The first kappa shape index (κ1) is 25.9. The fourth-order valence-electron chi connectivity index (χ4n) is 2.22. The third kappa shape index (κ3) is 7.59. The van der Waals surface area contributed by atoms with Crippen molar-refractivity contribution in [3.8, 4) is 17.4 Å². The van der Waals surface area contributed by atoms with Crippen molar-refractivity contribution in [2.45, 2.75) is 12.6 Å². The third-order valence-corrected chi connectivity index (χ3v) is 3.88. The summed E-state index contributed by atoms with van der Waals surface area (Å²) in [6, 6.07) is 5.96. The van der Waals surface area contributed by atoms with Crippen LogP contribution in [-0.4, -0.2) is 38.3 Å². The number of rotatable bonds is 8. The quantitative estimate of drug-likeness (QED) is 0.213. The van der Waals surface area contributed by atoms with E-state index in [1.165, 1.54) is 14.2 Å². The number of pyridine rings is 1. The standard InChI is InChI=1S/C18H20ClF3N4O3.HI/c1-27-14-5-4-12(9-15(14)28-2)26-17(23)24-6-3-7-29-16-13(19)8-11(10-25-16)18(20,21)22;/h4-5,8-10H,3,6-7H2,1-2H3,(H3,23,24,26);1H. The van der Waals surface area contributed by atoms with E-state index in [1.54, 1.807) is 18.2 Å². The molecule has 0 atom stereocenters. The van der Waals surface area contributed by atoms with Crippen molar-refractivity contribution in [2.75, 3.05) is 32.7 Å². The zero-order valence-corrected chi connectivity index (χ0v) is 19.2. The Hall–Kier alpha value is -2.15. The summed E-state index contributed by atoms with van der Waals surface area (Å²) in [5.41, 5.74) is 5.56. The molecule has 0 saturated carbocycles. The van der Waals surface area contributed by atoms with Crippen LogP contribution >= 0.6 is 35.6 Å². The number of anilines is 1. The van der Waals surface area contributed by atoms with Crippen LogP contribution in [-0.2, 0) is 6.18 Å². The number of alkyl halides is 3. The Morgan fingerprint density at radius 3 is 2.50 bits per heavy atom. The van der Waals surface area contributed by atoms with Gasteiger partial charge in [0.05, 0.1) is 26.4 Å². The van der Waals surface area contributed by atoms with Crippen molar-refractivity contribution in [3.63, 3.8) is 0 Å². The number of nitrogens with two attached hydrogens (primary N) is 1. The molecule has 1 heterocycles. The number of ether oxygens (including phenoxy) is 3. The highest BCUT2D eigenvalue weighted by atomic mass is 127. The molecule has 0 saturated heterocycles. The molecule has 0 unspecified atom stereocenters. The fourth-order valence-corrected chi connectivity index (χ4v) is 2.44. The molecule has 166 valence electrons. The van der Waals surface area contributed by atoms with Gasteiger partial charge in [-0.15, -0.1) is 24.0 Å². The lowest BCUT2D eigenvalue weighted by Gasteiger charge is -2.11. The predicted octanol–water partition coefficient (Wildman–Crippen LogP) is 4.58. The number of halogens is 5. The van der Waals surface area contributed by atoms with E-state index in [9.17, 15) is 13.2 Å². The largest absolute Gasteiger partial charge is 0.493 e. The summed E-state index contributed by atoms with van der Waals surface area (Å²) in [5, 5.41) is 2.71. The molecule has 7 nitrogen and oxygen atoms in total. The van der Waals surface area contributed by atoms with Crippen molar-refractivity contribution in [1.82, 2.24) is 4.98 Å². The average Bonchev–Trinajstić information content (AvgIpc) is 2.67. The van der Waals surface area contributed by atoms with Gasteiger partial charge in [0.1, 0.15) is 5.02 Å². The second-order valence-electron chi connectivity index (χ2n) is 5.67. The highest BCUT2D eigenvalue weighted by Gasteiger charge is 2.31. The van der Waals surface area contributed by atoms with Crippen LogP contribution in [0.2, 0.25) is 5.02 Å². The van der Waals surface area contributed by atoms with Crippen LogP contribution in [0, 0.1) is 0 Å². The minimum Gasteiger partial charge on any atom is -0.493 e. The van der Waals surface area contributed by atoms with Gasteiger partial charge in [-0.05, 0) is 18.2 Å². The van der Waals surface area contributed by atoms with E-state index in [-0.39, 0.29) is 47.4 Å². The first-order valence-electron chi connectivity index (χ1n) is 8.39. The van der Waals surface area contributed by atoms with E-state index in [0.717, 1.165) is 6.07 Å². The lowest BCUT2D eigenvalue weighted by Crippen LogP contribution is -2.23. The lowest BCUT2D eigenvalue weighted by atomic mass is 10.3. The predicted molar refractivity (Wildman–Crippen MR) is 119 cm³/mol. The summed E-state index contributed by atoms with van der Waals surface area (Å²) in [5.74, 6) is 1.24. The van der Waals surface area contributed by atoms with Gasteiger partial charge in [-0.25, -0.2) is 4.98 Å². The molecule has 30 heavy (non-hydrogen) atoms.